The highest BCUT2D eigenvalue weighted by Gasteiger charge is 2.22. The Balaban J connectivity index is 3.15. The van der Waals surface area contributed by atoms with Crippen LogP contribution in [0, 0.1) is 0 Å². The molecular formula is C14H23NO4S. The van der Waals surface area contributed by atoms with Crippen molar-refractivity contribution >= 4 is 10.0 Å². The largest absolute Gasteiger partial charge is 0.493 e. The zero-order chi connectivity index (χ0) is 15.2. The molecule has 0 aliphatic heterocycles. The van der Waals surface area contributed by atoms with E-state index in [-0.39, 0.29) is 11.5 Å². The minimum Gasteiger partial charge on any atom is -0.493 e. The molecule has 1 aromatic carbocycles. The van der Waals surface area contributed by atoms with Gasteiger partial charge in [0.15, 0.2) is 0 Å². The van der Waals surface area contributed by atoms with Gasteiger partial charge in [0.25, 0.3) is 0 Å². The van der Waals surface area contributed by atoms with Crippen molar-refractivity contribution in [1.29, 1.82) is 0 Å². The highest BCUT2D eigenvalue weighted by atomic mass is 32.2. The molecule has 0 amide bonds. The second kappa shape index (κ2) is 7.61. The van der Waals surface area contributed by atoms with E-state index in [9.17, 15) is 13.5 Å². The number of hydrogen-bond acceptors (Lipinski definition) is 4. The van der Waals surface area contributed by atoms with E-state index in [1.807, 2.05) is 6.92 Å². The summed E-state index contributed by atoms with van der Waals surface area (Å²) >= 11 is 0. The van der Waals surface area contributed by atoms with Crippen molar-refractivity contribution in [2.24, 2.45) is 0 Å². The van der Waals surface area contributed by atoms with Gasteiger partial charge in [-0.1, -0.05) is 20.8 Å². The molecule has 0 aromatic heterocycles. The van der Waals surface area contributed by atoms with Crippen LogP contribution in [-0.2, 0) is 16.6 Å². The Bertz CT molecular complexity index is 524. The molecule has 1 N–H and O–H groups in total. The van der Waals surface area contributed by atoms with Gasteiger partial charge in [-0.3, -0.25) is 0 Å². The van der Waals surface area contributed by atoms with Crippen LogP contribution in [-0.4, -0.2) is 37.5 Å². The molecule has 0 saturated heterocycles. The maximum absolute atomic E-state index is 12.4. The highest BCUT2D eigenvalue weighted by molar-refractivity contribution is 7.89. The highest BCUT2D eigenvalue weighted by Crippen LogP contribution is 2.25. The lowest BCUT2D eigenvalue weighted by Crippen LogP contribution is -2.30. The molecule has 0 spiro atoms. The lowest BCUT2D eigenvalue weighted by Gasteiger charge is -2.19. The van der Waals surface area contributed by atoms with Gasteiger partial charge in [-0.25, -0.2) is 8.42 Å². The fourth-order valence-corrected chi connectivity index (χ4v) is 3.41. The SMILES string of the molecule is CCCOc1ccc(S(=O)(=O)N(CC)CC)cc1CO. The third-order valence-electron chi connectivity index (χ3n) is 3.01. The zero-order valence-electron chi connectivity index (χ0n) is 12.3. The van der Waals surface area contributed by atoms with Crippen LogP contribution in [0.4, 0.5) is 0 Å². The second-order valence-corrected chi connectivity index (χ2v) is 6.30. The molecule has 114 valence electrons. The molecule has 0 bridgehead atoms. The van der Waals surface area contributed by atoms with Gasteiger partial charge in [0.1, 0.15) is 5.75 Å². The number of nitrogens with zero attached hydrogens (tertiary/aromatic N) is 1. The van der Waals surface area contributed by atoms with Crippen LogP contribution < -0.4 is 4.74 Å². The molecular weight excluding hydrogens is 278 g/mol. The lowest BCUT2D eigenvalue weighted by molar-refractivity contribution is 0.262. The molecule has 1 aromatic rings. The van der Waals surface area contributed by atoms with E-state index in [2.05, 4.69) is 0 Å². The number of sulfonamides is 1. The summed E-state index contributed by atoms with van der Waals surface area (Å²) in [5.41, 5.74) is 0.492. The van der Waals surface area contributed by atoms with E-state index in [1.165, 1.54) is 16.4 Å². The minimum atomic E-state index is -3.50. The Kier molecular flexibility index (Phi) is 6.45. The van der Waals surface area contributed by atoms with Crippen LogP contribution in [0.1, 0.15) is 32.8 Å². The molecule has 0 aliphatic carbocycles. The third-order valence-corrected chi connectivity index (χ3v) is 5.05. The van der Waals surface area contributed by atoms with Crippen LogP contribution in [0.2, 0.25) is 0 Å². The number of aliphatic hydroxyl groups is 1. The van der Waals surface area contributed by atoms with E-state index in [4.69, 9.17) is 4.74 Å². The van der Waals surface area contributed by atoms with Crippen molar-refractivity contribution in [3.63, 3.8) is 0 Å². The Labute approximate surface area is 121 Å². The van der Waals surface area contributed by atoms with Crippen molar-refractivity contribution in [3.8, 4) is 5.75 Å². The molecule has 20 heavy (non-hydrogen) atoms. The van der Waals surface area contributed by atoms with E-state index in [0.29, 0.717) is 31.0 Å². The topological polar surface area (TPSA) is 66.8 Å². The smallest absolute Gasteiger partial charge is 0.243 e. The molecule has 6 heteroatoms. The Morgan fingerprint density at radius 2 is 1.85 bits per heavy atom. The second-order valence-electron chi connectivity index (χ2n) is 4.37. The third kappa shape index (κ3) is 3.71. The van der Waals surface area contributed by atoms with Crippen LogP contribution in [0.25, 0.3) is 0 Å². The van der Waals surface area contributed by atoms with Crippen molar-refractivity contribution in [2.45, 2.75) is 38.7 Å². The molecule has 0 aliphatic rings. The van der Waals surface area contributed by atoms with E-state index < -0.39 is 10.0 Å². The van der Waals surface area contributed by atoms with Crippen LogP contribution in [0.3, 0.4) is 0 Å². The van der Waals surface area contributed by atoms with Gasteiger partial charge < -0.3 is 9.84 Å². The van der Waals surface area contributed by atoms with E-state index in [0.717, 1.165) is 6.42 Å². The summed E-state index contributed by atoms with van der Waals surface area (Å²) in [6, 6.07) is 4.62. The predicted molar refractivity (Wildman–Crippen MR) is 78.3 cm³/mol. The fraction of sp³-hybridized carbons (Fsp3) is 0.571. The van der Waals surface area contributed by atoms with Gasteiger partial charge in [-0.05, 0) is 24.6 Å². The van der Waals surface area contributed by atoms with E-state index in [1.54, 1.807) is 19.9 Å². The molecule has 5 nitrogen and oxygen atoms in total. The average Bonchev–Trinajstić information content (AvgIpc) is 2.45. The van der Waals surface area contributed by atoms with Crippen LogP contribution in [0.5, 0.6) is 5.75 Å². The molecule has 0 atom stereocenters. The quantitative estimate of drug-likeness (QED) is 0.797. The zero-order valence-corrected chi connectivity index (χ0v) is 13.1. The number of benzene rings is 1. The van der Waals surface area contributed by atoms with Gasteiger partial charge >= 0.3 is 0 Å². The van der Waals surface area contributed by atoms with Gasteiger partial charge in [-0.15, -0.1) is 0 Å². The van der Waals surface area contributed by atoms with Gasteiger partial charge in [0, 0.05) is 18.7 Å². The molecule has 0 unspecified atom stereocenters. The Morgan fingerprint density at radius 1 is 1.20 bits per heavy atom. The molecule has 0 radical (unpaired) electrons. The molecule has 0 heterocycles. The summed E-state index contributed by atoms with van der Waals surface area (Å²) in [6.45, 7) is 6.70. The average molecular weight is 301 g/mol. The minimum absolute atomic E-state index is 0.189. The first kappa shape index (κ1) is 16.9. The monoisotopic (exact) mass is 301 g/mol. The number of hydrogen-bond donors (Lipinski definition) is 1. The van der Waals surface area contributed by atoms with Crippen LogP contribution in [0.15, 0.2) is 23.1 Å². The summed E-state index contributed by atoms with van der Waals surface area (Å²) in [5.74, 6) is 0.535. The predicted octanol–water partition coefficient (Wildman–Crippen LogP) is 2.00. The summed E-state index contributed by atoms with van der Waals surface area (Å²) < 4.78 is 31.7. The van der Waals surface area contributed by atoms with Crippen molar-refractivity contribution < 1.29 is 18.3 Å². The first-order chi connectivity index (χ1) is 9.51. The maximum Gasteiger partial charge on any atom is 0.243 e. The maximum atomic E-state index is 12.4. The van der Waals surface area contributed by atoms with Gasteiger partial charge in [0.2, 0.25) is 10.0 Å². The van der Waals surface area contributed by atoms with Gasteiger partial charge in [0.05, 0.1) is 18.1 Å². The molecule has 1 rings (SSSR count). The Morgan fingerprint density at radius 3 is 2.35 bits per heavy atom. The summed E-state index contributed by atoms with van der Waals surface area (Å²) in [6.07, 6.45) is 0.852. The van der Waals surface area contributed by atoms with Crippen molar-refractivity contribution in [1.82, 2.24) is 4.31 Å². The van der Waals surface area contributed by atoms with E-state index >= 15 is 0 Å². The van der Waals surface area contributed by atoms with Crippen LogP contribution >= 0.6 is 0 Å². The number of ether oxygens (including phenoxy) is 1. The van der Waals surface area contributed by atoms with Crippen molar-refractivity contribution in [2.75, 3.05) is 19.7 Å². The Hall–Kier alpha value is -1.11. The molecule has 0 saturated carbocycles. The van der Waals surface area contributed by atoms with Gasteiger partial charge in [-0.2, -0.15) is 4.31 Å². The first-order valence-electron chi connectivity index (χ1n) is 6.87. The lowest BCUT2D eigenvalue weighted by atomic mass is 10.2. The summed E-state index contributed by atoms with van der Waals surface area (Å²) in [4.78, 5) is 0.189. The number of rotatable bonds is 8. The van der Waals surface area contributed by atoms with Crippen molar-refractivity contribution in [3.05, 3.63) is 23.8 Å². The standard InChI is InChI=1S/C14H23NO4S/c1-4-9-19-14-8-7-13(10-12(14)11-16)20(17,18)15(5-2)6-3/h7-8,10,16H,4-6,9,11H2,1-3H3. The first-order valence-corrected chi connectivity index (χ1v) is 8.31. The number of aliphatic hydroxyl groups excluding tert-OH is 1. The summed E-state index contributed by atoms with van der Waals surface area (Å²) in [5, 5.41) is 9.37. The molecule has 0 fully saturated rings. The fourth-order valence-electron chi connectivity index (χ4n) is 1.91. The summed E-state index contributed by atoms with van der Waals surface area (Å²) in [7, 11) is -3.50. The normalized spacial score (nSPS) is 11.8.